The SMILES string of the molecule is O=C(CCCc1nc(-c2ccc(F)cc2)no1)NCc1n[nH]c(=S)n1C1CC1. The van der Waals surface area contributed by atoms with Crippen LogP contribution >= 0.6 is 12.2 Å². The zero-order valence-corrected chi connectivity index (χ0v) is 15.8. The summed E-state index contributed by atoms with van der Waals surface area (Å²) >= 11 is 5.23. The van der Waals surface area contributed by atoms with Gasteiger partial charge in [-0.15, -0.1) is 0 Å². The minimum absolute atomic E-state index is 0.0745. The Bertz CT molecular complexity index is 1020. The van der Waals surface area contributed by atoms with Gasteiger partial charge in [0.2, 0.25) is 17.6 Å². The summed E-state index contributed by atoms with van der Waals surface area (Å²) in [6.07, 6.45) is 3.59. The fraction of sp³-hybridized carbons (Fsp3) is 0.389. The molecule has 1 amide bonds. The number of amides is 1. The molecule has 1 aliphatic carbocycles. The minimum atomic E-state index is -0.320. The molecular weight excluding hydrogens is 383 g/mol. The zero-order chi connectivity index (χ0) is 19.5. The maximum absolute atomic E-state index is 13.0. The maximum Gasteiger partial charge on any atom is 0.226 e. The average Bonchev–Trinajstić information content (AvgIpc) is 3.29. The lowest BCUT2D eigenvalue weighted by molar-refractivity contribution is -0.121. The number of aromatic nitrogens is 5. The number of aryl methyl sites for hydroxylation is 1. The van der Waals surface area contributed by atoms with E-state index in [9.17, 15) is 9.18 Å². The lowest BCUT2D eigenvalue weighted by Gasteiger charge is -2.06. The summed E-state index contributed by atoms with van der Waals surface area (Å²) in [6, 6.07) is 6.28. The van der Waals surface area contributed by atoms with Gasteiger partial charge in [0.25, 0.3) is 0 Å². The highest BCUT2D eigenvalue weighted by atomic mass is 32.1. The van der Waals surface area contributed by atoms with E-state index in [4.69, 9.17) is 16.7 Å². The second-order valence-electron chi connectivity index (χ2n) is 6.70. The van der Waals surface area contributed by atoms with Gasteiger partial charge in [0.05, 0.1) is 6.54 Å². The first kappa shape index (κ1) is 18.5. The summed E-state index contributed by atoms with van der Waals surface area (Å²) in [5.74, 6) is 1.21. The van der Waals surface area contributed by atoms with Gasteiger partial charge in [-0.3, -0.25) is 14.5 Å². The van der Waals surface area contributed by atoms with E-state index >= 15 is 0 Å². The number of aromatic amines is 1. The Morgan fingerprint density at radius 3 is 2.89 bits per heavy atom. The Morgan fingerprint density at radius 2 is 2.14 bits per heavy atom. The number of carbonyl (C=O) groups is 1. The molecule has 0 radical (unpaired) electrons. The minimum Gasteiger partial charge on any atom is -0.349 e. The quantitative estimate of drug-likeness (QED) is 0.562. The molecule has 1 saturated carbocycles. The number of benzene rings is 1. The molecule has 0 bridgehead atoms. The van der Waals surface area contributed by atoms with Crippen molar-refractivity contribution in [3.05, 3.63) is 46.6 Å². The van der Waals surface area contributed by atoms with Gasteiger partial charge < -0.3 is 9.84 Å². The van der Waals surface area contributed by atoms with Gasteiger partial charge in [-0.05, 0) is 55.7 Å². The van der Waals surface area contributed by atoms with E-state index in [2.05, 4.69) is 25.7 Å². The van der Waals surface area contributed by atoms with E-state index in [0.717, 1.165) is 18.7 Å². The van der Waals surface area contributed by atoms with Crippen LogP contribution in [0.15, 0.2) is 28.8 Å². The molecule has 0 aliphatic heterocycles. The predicted octanol–water partition coefficient (Wildman–Crippen LogP) is 3.10. The molecule has 1 aliphatic rings. The van der Waals surface area contributed by atoms with Crippen LogP contribution in [0.5, 0.6) is 0 Å². The first-order valence-corrected chi connectivity index (χ1v) is 9.52. The molecule has 8 nitrogen and oxygen atoms in total. The third-order valence-electron chi connectivity index (χ3n) is 4.50. The van der Waals surface area contributed by atoms with Crippen LogP contribution in [0.2, 0.25) is 0 Å². The molecule has 1 aromatic carbocycles. The van der Waals surface area contributed by atoms with Crippen LogP contribution in [-0.4, -0.2) is 30.8 Å². The van der Waals surface area contributed by atoms with Crippen molar-refractivity contribution in [2.75, 3.05) is 0 Å². The summed E-state index contributed by atoms with van der Waals surface area (Å²) in [5.41, 5.74) is 0.679. The number of halogens is 1. The smallest absolute Gasteiger partial charge is 0.226 e. The van der Waals surface area contributed by atoms with E-state index in [1.165, 1.54) is 12.1 Å². The molecule has 0 spiro atoms. The van der Waals surface area contributed by atoms with Crippen molar-refractivity contribution in [2.45, 2.75) is 44.7 Å². The lowest BCUT2D eigenvalue weighted by Crippen LogP contribution is -2.24. The maximum atomic E-state index is 13.0. The van der Waals surface area contributed by atoms with Gasteiger partial charge in [0.15, 0.2) is 10.6 Å². The summed E-state index contributed by atoms with van der Waals surface area (Å²) in [7, 11) is 0. The summed E-state index contributed by atoms with van der Waals surface area (Å²) in [6.45, 7) is 0.345. The molecule has 0 unspecified atom stereocenters. The number of nitrogens with one attached hydrogen (secondary N) is 2. The summed E-state index contributed by atoms with van der Waals surface area (Å²) in [5, 5.41) is 13.7. The zero-order valence-electron chi connectivity index (χ0n) is 15.0. The van der Waals surface area contributed by atoms with Crippen molar-refractivity contribution in [3.63, 3.8) is 0 Å². The first-order valence-electron chi connectivity index (χ1n) is 9.11. The van der Waals surface area contributed by atoms with E-state index in [0.29, 0.717) is 53.9 Å². The molecule has 2 heterocycles. The molecule has 2 N–H and O–H groups in total. The van der Waals surface area contributed by atoms with Crippen LogP contribution in [0.3, 0.4) is 0 Å². The van der Waals surface area contributed by atoms with Crippen molar-refractivity contribution in [1.29, 1.82) is 0 Å². The molecule has 4 rings (SSSR count). The van der Waals surface area contributed by atoms with Crippen molar-refractivity contribution < 1.29 is 13.7 Å². The van der Waals surface area contributed by atoms with E-state index in [1.54, 1.807) is 12.1 Å². The summed E-state index contributed by atoms with van der Waals surface area (Å²) < 4.78 is 20.7. The Hall–Kier alpha value is -2.88. The van der Waals surface area contributed by atoms with Crippen LogP contribution in [-0.2, 0) is 17.8 Å². The second kappa shape index (κ2) is 8.01. The van der Waals surface area contributed by atoms with Gasteiger partial charge in [-0.1, -0.05) is 5.16 Å². The lowest BCUT2D eigenvalue weighted by atomic mass is 10.2. The van der Waals surface area contributed by atoms with Gasteiger partial charge >= 0.3 is 0 Å². The van der Waals surface area contributed by atoms with Crippen LogP contribution in [0.1, 0.15) is 43.4 Å². The molecule has 1 fully saturated rings. The highest BCUT2D eigenvalue weighted by Crippen LogP contribution is 2.35. The molecule has 0 atom stereocenters. The van der Waals surface area contributed by atoms with Crippen molar-refractivity contribution in [1.82, 2.24) is 30.2 Å². The number of hydrogen-bond donors (Lipinski definition) is 2. The van der Waals surface area contributed by atoms with E-state index in [1.807, 2.05) is 4.57 Å². The highest BCUT2D eigenvalue weighted by Gasteiger charge is 2.27. The van der Waals surface area contributed by atoms with E-state index in [-0.39, 0.29) is 11.7 Å². The molecule has 0 saturated heterocycles. The average molecular weight is 402 g/mol. The number of carbonyl (C=O) groups excluding carboxylic acids is 1. The number of rotatable bonds is 8. The van der Waals surface area contributed by atoms with Crippen molar-refractivity contribution in [3.8, 4) is 11.4 Å². The Morgan fingerprint density at radius 1 is 1.36 bits per heavy atom. The van der Waals surface area contributed by atoms with Crippen LogP contribution in [0, 0.1) is 10.6 Å². The van der Waals surface area contributed by atoms with Crippen molar-refractivity contribution >= 4 is 18.1 Å². The van der Waals surface area contributed by atoms with Gasteiger partial charge in [0, 0.05) is 24.4 Å². The fourth-order valence-corrected chi connectivity index (χ4v) is 3.21. The highest BCUT2D eigenvalue weighted by molar-refractivity contribution is 7.71. The number of nitrogens with zero attached hydrogens (tertiary/aromatic N) is 4. The number of H-pyrrole nitrogens is 1. The van der Waals surface area contributed by atoms with E-state index < -0.39 is 0 Å². The van der Waals surface area contributed by atoms with Crippen molar-refractivity contribution in [2.24, 2.45) is 0 Å². The van der Waals surface area contributed by atoms with Gasteiger partial charge in [-0.2, -0.15) is 10.1 Å². The summed E-state index contributed by atoms with van der Waals surface area (Å²) in [4.78, 5) is 16.4. The molecular formula is C18H19FN6O2S. The third kappa shape index (κ3) is 4.33. The largest absolute Gasteiger partial charge is 0.349 e. The molecule has 10 heteroatoms. The van der Waals surface area contributed by atoms with Crippen LogP contribution in [0.4, 0.5) is 4.39 Å². The molecule has 3 aromatic rings. The third-order valence-corrected chi connectivity index (χ3v) is 4.79. The number of hydrogen-bond acceptors (Lipinski definition) is 6. The van der Waals surface area contributed by atoms with Gasteiger partial charge in [-0.25, -0.2) is 4.39 Å². The predicted molar refractivity (Wildman–Crippen MR) is 100 cm³/mol. The Balaban J connectivity index is 1.24. The molecule has 2 aromatic heterocycles. The normalized spacial score (nSPS) is 13.6. The molecule has 28 heavy (non-hydrogen) atoms. The fourth-order valence-electron chi connectivity index (χ4n) is 2.91. The topological polar surface area (TPSA) is 102 Å². The van der Waals surface area contributed by atoms with Gasteiger partial charge in [0.1, 0.15) is 5.82 Å². The Kier molecular flexibility index (Phi) is 5.29. The van der Waals surface area contributed by atoms with Crippen LogP contribution < -0.4 is 5.32 Å². The monoisotopic (exact) mass is 402 g/mol. The molecule has 146 valence electrons. The Labute approximate surface area is 165 Å². The second-order valence-corrected chi connectivity index (χ2v) is 7.08. The standard InChI is InChI=1S/C18H19FN6O2S/c19-12-6-4-11(5-7-12)17-21-16(27-24-17)3-1-2-15(26)20-10-14-22-23-18(28)25(14)13-8-9-13/h4-7,13H,1-3,8-10H2,(H,20,26)(H,23,28). The van der Waals surface area contributed by atoms with Crippen LogP contribution in [0.25, 0.3) is 11.4 Å². The first-order chi connectivity index (χ1) is 13.6.